The first-order chi connectivity index (χ1) is 9.09. The van der Waals surface area contributed by atoms with Gasteiger partial charge in [-0.3, -0.25) is 14.3 Å². The summed E-state index contributed by atoms with van der Waals surface area (Å²) >= 11 is 0. The zero-order chi connectivity index (χ0) is 13.6. The Morgan fingerprint density at radius 2 is 2.00 bits per heavy atom. The van der Waals surface area contributed by atoms with Gasteiger partial charge in [-0.2, -0.15) is 0 Å². The number of imidazole rings is 1. The topological polar surface area (TPSA) is 72.7 Å². The van der Waals surface area contributed by atoms with Gasteiger partial charge in [-0.15, -0.1) is 0 Å². The number of nitrogens with zero attached hydrogens (tertiary/aromatic N) is 3. The van der Waals surface area contributed by atoms with Gasteiger partial charge in [0.25, 0.3) is 5.56 Å². The van der Waals surface area contributed by atoms with E-state index in [4.69, 9.17) is 0 Å². The standard InChI is InChI=1S/C13H16N4O2/c1-16-9-11(17(2)13(19)15-12(9)18)14-10(16)8-6-4-3-5-7-8/h6H,3-5,7H2,1-2H3,(H,15,18,19). The number of rotatable bonds is 1. The fraction of sp³-hybridized carbons (Fsp3) is 0.462. The molecule has 3 rings (SSSR count). The summed E-state index contributed by atoms with van der Waals surface area (Å²) in [6.45, 7) is 0. The fourth-order valence-corrected chi connectivity index (χ4v) is 2.64. The van der Waals surface area contributed by atoms with E-state index in [1.54, 1.807) is 11.6 Å². The van der Waals surface area contributed by atoms with Gasteiger partial charge in [0, 0.05) is 14.1 Å². The molecule has 2 aromatic rings. The zero-order valence-electron chi connectivity index (χ0n) is 11.1. The van der Waals surface area contributed by atoms with Crippen LogP contribution in [-0.4, -0.2) is 19.1 Å². The van der Waals surface area contributed by atoms with E-state index in [1.165, 1.54) is 11.0 Å². The summed E-state index contributed by atoms with van der Waals surface area (Å²) in [5.74, 6) is 0.793. The number of nitrogens with one attached hydrogen (secondary N) is 1. The molecule has 0 fully saturated rings. The van der Waals surface area contributed by atoms with E-state index in [0.717, 1.165) is 30.7 Å². The molecule has 1 aliphatic rings. The minimum Gasteiger partial charge on any atom is -0.322 e. The summed E-state index contributed by atoms with van der Waals surface area (Å²) in [6.07, 6.45) is 6.55. The van der Waals surface area contributed by atoms with Crippen LogP contribution in [0.3, 0.4) is 0 Å². The fourth-order valence-electron chi connectivity index (χ4n) is 2.64. The van der Waals surface area contributed by atoms with Crippen LogP contribution in [0.15, 0.2) is 15.7 Å². The van der Waals surface area contributed by atoms with E-state index in [2.05, 4.69) is 16.0 Å². The lowest BCUT2D eigenvalue weighted by atomic mass is 9.99. The Balaban J connectivity index is 2.35. The first kappa shape index (κ1) is 12.0. The smallest absolute Gasteiger partial charge is 0.322 e. The average molecular weight is 260 g/mol. The first-order valence-electron chi connectivity index (χ1n) is 6.44. The maximum atomic E-state index is 11.9. The van der Waals surface area contributed by atoms with Gasteiger partial charge in [0.15, 0.2) is 11.2 Å². The van der Waals surface area contributed by atoms with Crippen LogP contribution >= 0.6 is 0 Å². The second kappa shape index (κ2) is 4.22. The number of hydrogen-bond donors (Lipinski definition) is 1. The number of allylic oxidation sites excluding steroid dienone is 2. The van der Waals surface area contributed by atoms with Crippen LogP contribution in [0.5, 0.6) is 0 Å². The number of hydrogen-bond acceptors (Lipinski definition) is 3. The third-order valence-electron chi connectivity index (χ3n) is 3.71. The summed E-state index contributed by atoms with van der Waals surface area (Å²) in [4.78, 5) is 30.3. The molecule has 2 heterocycles. The molecule has 0 spiro atoms. The van der Waals surface area contributed by atoms with Gasteiger partial charge in [-0.1, -0.05) is 6.08 Å². The van der Waals surface area contributed by atoms with Gasteiger partial charge < -0.3 is 4.57 Å². The monoisotopic (exact) mass is 260 g/mol. The van der Waals surface area contributed by atoms with Crippen molar-refractivity contribution in [2.24, 2.45) is 14.1 Å². The predicted molar refractivity (Wildman–Crippen MR) is 73.0 cm³/mol. The molecule has 6 nitrogen and oxygen atoms in total. The molecule has 0 saturated carbocycles. The maximum Gasteiger partial charge on any atom is 0.329 e. The van der Waals surface area contributed by atoms with E-state index < -0.39 is 5.69 Å². The molecule has 2 aromatic heterocycles. The van der Waals surface area contributed by atoms with Crippen molar-refractivity contribution in [3.05, 3.63) is 32.7 Å². The van der Waals surface area contributed by atoms with Crippen LogP contribution in [-0.2, 0) is 14.1 Å². The van der Waals surface area contributed by atoms with Crippen molar-refractivity contribution in [1.29, 1.82) is 0 Å². The molecule has 0 aromatic carbocycles. The molecule has 6 heteroatoms. The highest BCUT2D eigenvalue weighted by atomic mass is 16.2. The average Bonchev–Trinajstić information content (AvgIpc) is 2.76. The first-order valence-corrected chi connectivity index (χ1v) is 6.44. The molecule has 1 N–H and O–H groups in total. The largest absolute Gasteiger partial charge is 0.329 e. The summed E-state index contributed by atoms with van der Waals surface area (Å²) in [5.41, 5.74) is 1.24. The Bertz CT molecular complexity index is 791. The van der Waals surface area contributed by atoms with Crippen molar-refractivity contribution >= 4 is 16.7 Å². The quantitative estimate of drug-likeness (QED) is 0.828. The van der Waals surface area contributed by atoms with Crippen molar-refractivity contribution in [3.8, 4) is 0 Å². The lowest BCUT2D eigenvalue weighted by Crippen LogP contribution is -2.29. The number of H-pyrrole nitrogens is 1. The van der Waals surface area contributed by atoms with E-state index >= 15 is 0 Å². The van der Waals surface area contributed by atoms with Crippen LogP contribution in [0.25, 0.3) is 16.7 Å². The summed E-state index contributed by atoms with van der Waals surface area (Å²) in [7, 11) is 3.44. The highest BCUT2D eigenvalue weighted by molar-refractivity contribution is 5.76. The Kier molecular flexibility index (Phi) is 2.66. The van der Waals surface area contributed by atoms with Crippen molar-refractivity contribution < 1.29 is 0 Å². The van der Waals surface area contributed by atoms with E-state index in [0.29, 0.717) is 11.2 Å². The third-order valence-corrected chi connectivity index (χ3v) is 3.71. The molecular formula is C13H16N4O2. The minimum absolute atomic E-state index is 0.379. The van der Waals surface area contributed by atoms with Crippen LogP contribution in [0.1, 0.15) is 31.5 Å². The van der Waals surface area contributed by atoms with Crippen molar-refractivity contribution in [2.45, 2.75) is 25.7 Å². The van der Waals surface area contributed by atoms with Crippen molar-refractivity contribution in [3.63, 3.8) is 0 Å². The predicted octanol–water partition coefficient (Wildman–Crippen LogP) is 0.918. The van der Waals surface area contributed by atoms with Crippen molar-refractivity contribution in [2.75, 3.05) is 0 Å². The zero-order valence-corrected chi connectivity index (χ0v) is 11.1. The lowest BCUT2D eigenvalue weighted by molar-refractivity contribution is 0.731. The van der Waals surface area contributed by atoms with Crippen molar-refractivity contribution in [1.82, 2.24) is 19.1 Å². The summed E-state index contributed by atoms with van der Waals surface area (Å²) in [6, 6.07) is 0. The molecule has 1 aliphatic carbocycles. The van der Waals surface area contributed by atoms with Gasteiger partial charge in [0.2, 0.25) is 0 Å². The Hall–Kier alpha value is -2.11. The third kappa shape index (κ3) is 1.75. The number of aryl methyl sites for hydroxylation is 2. The molecule has 100 valence electrons. The second-order valence-electron chi connectivity index (χ2n) is 4.96. The van der Waals surface area contributed by atoms with Gasteiger partial charge in [-0.05, 0) is 31.3 Å². The number of aromatic nitrogens is 4. The molecule has 0 amide bonds. The molecule has 0 atom stereocenters. The van der Waals surface area contributed by atoms with Crippen LogP contribution in [0.4, 0.5) is 0 Å². The summed E-state index contributed by atoms with van der Waals surface area (Å²) < 4.78 is 3.16. The van der Waals surface area contributed by atoms with E-state index in [9.17, 15) is 9.59 Å². The number of fused-ring (bicyclic) bond motifs is 1. The lowest BCUT2D eigenvalue weighted by Gasteiger charge is -2.11. The Morgan fingerprint density at radius 1 is 1.21 bits per heavy atom. The van der Waals surface area contributed by atoms with Gasteiger partial charge in [-0.25, -0.2) is 9.78 Å². The minimum atomic E-state index is -0.431. The molecule has 0 saturated heterocycles. The van der Waals surface area contributed by atoms with Crippen LogP contribution in [0.2, 0.25) is 0 Å². The maximum absolute atomic E-state index is 11.9. The van der Waals surface area contributed by atoms with Gasteiger partial charge in [0.1, 0.15) is 5.82 Å². The normalized spacial score (nSPS) is 15.8. The van der Waals surface area contributed by atoms with Crippen LogP contribution < -0.4 is 11.2 Å². The molecule has 0 bridgehead atoms. The number of aromatic amines is 1. The molecule has 0 unspecified atom stereocenters. The highest BCUT2D eigenvalue weighted by Crippen LogP contribution is 2.26. The molecule has 0 aliphatic heterocycles. The molecule has 19 heavy (non-hydrogen) atoms. The molecular weight excluding hydrogens is 244 g/mol. The second-order valence-corrected chi connectivity index (χ2v) is 4.96. The SMILES string of the molecule is Cn1c(C2=CCCCC2)nc2c1c(=O)[nH]c(=O)n2C. The van der Waals surface area contributed by atoms with Gasteiger partial charge >= 0.3 is 5.69 Å². The Morgan fingerprint density at radius 3 is 2.68 bits per heavy atom. The molecule has 0 radical (unpaired) electrons. The van der Waals surface area contributed by atoms with E-state index in [1.807, 2.05) is 7.05 Å². The van der Waals surface area contributed by atoms with Crippen LogP contribution in [0, 0.1) is 0 Å². The highest BCUT2D eigenvalue weighted by Gasteiger charge is 2.18. The van der Waals surface area contributed by atoms with E-state index in [-0.39, 0.29) is 5.56 Å². The summed E-state index contributed by atoms with van der Waals surface area (Å²) in [5, 5.41) is 0. The Labute approximate surface area is 109 Å². The van der Waals surface area contributed by atoms with Gasteiger partial charge in [0.05, 0.1) is 0 Å².